The second-order valence-electron chi connectivity index (χ2n) is 5.15. The Hall–Kier alpha value is 0.750. The Morgan fingerprint density at radius 1 is 0.944 bits per heavy atom. The largest absolute Gasteiger partial charge is 0.317 e. The molecular formula is C12H28Cl3N3. The van der Waals surface area contributed by atoms with Gasteiger partial charge in [-0.25, -0.2) is 0 Å². The van der Waals surface area contributed by atoms with Gasteiger partial charge >= 0.3 is 0 Å². The average Bonchev–Trinajstić information content (AvgIpc) is 2.30. The zero-order chi connectivity index (χ0) is 10.7. The molecule has 2 aliphatic rings. The molecule has 1 aliphatic carbocycles. The van der Waals surface area contributed by atoms with Crippen molar-refractivity contribution in [1.29, 1.82) is 0 Å². The molecule has 0 amide bonds. The smallest absolute Gasteiger partial charge is 0.0113 e. The lowest BCUT2D eigenvalue weighted by atomic mass is 9.89. The summed E-state index contributed by atoms with van der Waals surface area (Å²) in [5, 5.41) is 3.44. The molecule has 1 heterocycles. The van der Waals surface area contributed by atoms with E-state index in [1.165, 1.54) is 51.9 Å². The molecule has 1 aliphatic heterocycles. The van der Waals surface area contributed by atoms with Crippen LogP contribution in [0.1, 0.15) is 25.7 Å². The van der Waals surface area contributed by atoms with Gasteiger partial charge in [-0.15, -0.1) is 37.2 Å². The van der Waals surface area contributed by atoms with Gasteiger partial charge in [0.15, 0.2) is 0 Å². The Kier molecular flexibility index (Phi) is 12.3. The summed E-state index contributed by atoms with van der Waals surface area (Å²) < 4.78 is 0. The van der Waals surface area contributed by atoms with Crippen LogP contribution in [-0.4, -0.2) is 62.2 Å². The zero-order valence-corrected chi connectivity index (χ0v) is 13.9. The van der Waals surface area contributed by atoms with Gasteiger partial charge in [0, 0.05) is 38.3 Å². The van der Waals surface area contributed by atoms with Crippen LogP contribution in [0.25, 0.3) is 0 Å². The van der Waals surface area contributed by atoms with Gasteiger partial charge in [-0.2, -0.15) is 0 Å². The van der Waals surface area contributed by atoms with Crippen molar-refractivity contribution in [2.75, 3.05) is 40.3 Å². The Bertz CT molecular complexity index is 199. The molecule has 18 heavy (non-hydrogen) atoms. The topological polar surface area (TPSA) is 18.5 Å². The van der Waals surface area contributed by atoms with Crippen LogP contribution in [0, 0.1) is 0 Å². The van der Waals surface area contributed by atoms with E-state index in [-0.39, 0.29) is 37.2 Å². The second-order valence-corrected chi connectivity index (χ2v) is 5.15. The molecule has 6 heteroatoms. The summed E-state index contributed by atoms with van der Waals surface area (Å²) >= 11 is 0. The second kappa shape index (κ2) is 10.5. The summed E-state index contributed by atoms with van der Waals surface area (Å²) in [5.74, 6) is 0. The zero-order valence-electron chi connectivity index (χ0n) is 11.4. The molecule has 1 saturated heterocycles. The number of nitrogens with zero attached hydrogens (tertiary/aromatic N) is 2. The first-order valence-corrected chi connectivity index (χ1v) is 6.39. The normalized spacial score (nSPS) is 29.7. The third-order valence-electron chi connectivity index (χ3n) is 4.11. The highest BCUT2D eigenvalue weighted by Crippen LogP contribution is 2.23. The first-order chi connectivity index (χ1) is 7.29. The van der Waals surface area contributed by atoms with E-state index in [0.29, 0.717) is 0 Å². The molecule has 2 rings (SSSR count). The molecule has 0 aromatic rings. The molecule has 0 spiro atoms. The number of halogens is 3. The molecule has 2 fully saturated rings. The number of likely N-dealkylation sites (N-methyl/N-ethyl adjacent to an activating group) is 1. The molecule has 0 aromatic carbocycles. The summed E-state index contributed by atoms with van der Waals surface area (Å²) in [7, 11) is 4.34. The van der Waals surface area contributed by atoms with Gasteiger partial charge in [-0.1, -0.05) is 6.42 Å². The number of hydrogen-bond acceptors (Lipinski definition) is 3. The van der Waals surface area contributed by atoms with Gasteiger partial charge in [0.1, 0.15) is 0 Å². The maximum Gasteiger partial charge on any atom is 0.0113 e. The van der Waals surface area contributed by atoms with E-state index in [0.717, 1.165) is 12.1 Å². The highest BCUT2D eigenvalue weighted by molar-refractivity contribution is 5.86. The maximum absolute atomic E-state index is 3.44. The van der Waals surface area contributed by atoms with Gasteiger partial charge in [0.2, 0.25) is 0 Å². The maximum atomic E-state index is 3.44. The van der Waals surface area contributed by atoms with Crippen LogP contribution in [0.4, 0.5) is 0 Å². The van der Waals surface area contributed by atoms with Gasteiger partial charge in [-0.05, 0) is 33.4 Å². The highest BCUT2D eigenvalue weighted by atomic mass is 35.5. The summed E-state index contributed by atoms with van der Waals surface area (Å²) in [5.41, 5.74) is 0. The van der Waals surface area contributed by atoms with Gasteiger partial charge < -0.3 is 10.2 Å². The van der Waals surface area contributed by atoms with Crippen LogP contribution in [0.5, 0.6) is 0 Å². The van der Waals surface area contributed by atoms with Crippen molar-refractivity contribution in [1.82, 2.24) is 15.1 Å². The van der Waals surface area contributed by atoms with E-state index in [9.17, 15) is 0 Å². The van der Waals surface area contributed by atoms with Crippen molar-refractivity contribution in [3.8, 4) is 0 Å². The fourth-order valence-electron chi connectivity index (χ4n) is 2.94. The van der Waals surface area contributed by atoms with Crippen molar-refractivity contribution in [3.05, 3.63) is 0 Å². The minimum absolute atomic E-state index is 0. The Balaban J connectivity index is 0. The fourth-order valence-corrected chi connectivity index (χ4v) is 2.94. The van der Waals surface area contributed by atoms with E-state index < -0.39 is 0 Å². The van der Waals surface area contributed by atoms with Crippen LogP contribution in [0.2, 0.25) is 0 Å². The van der Waals surface area contributed by atoms with E-state index in [4.69, 9.17) is 0 Å². The first-order valence-electron chi connectivity index (χ1n) is 6.39. The molecule has 0 aromatic heterocycles. The van der Waals surface area contributed by atoms with Gasteiger partial charge in [0.25, 0.3) is 0 Å². The lowest BCUT2D eigenvalue weighted by Gasteiger charge is -2.41. The summed E-state index contributed by atoms with van der Waals surface area (Å²) in [4.78, 5) is 5.15. The molecular weight excluding hydrogens is 293 g/mol. The van der Waals surface area contributed by atoms with Crippen molar-refractivity contribution in [2.24, 2.45) is 0 Å². The van der Waals surface area contributed by atoms with Crippen LogP contribution >= 0.6 is 37.2 Å². The van der Waals surface area contributed by atoms with E-state index in [1.54, 1.807) is 0 Å². The van der Waals surface area contributed by atoms with Crippen molar-refractivity contribution < 1.29 is 0 Å². The average molecular weight is 321 g/mol. The van der Waals surface area contributed by atoms with Crippen LogP contribution < -0.4 is 5.32 Å². The third kappa shape index (κ3) is 5.81. The number of nitrogens with one attached hydrogen (secondary N) is 1. The van der Waals surface area contributed by atoms with Crippen LogP contribution in [0.15, 0.2) is 0 Å². The number of piperazine rings is 1. The number of rotatable bonds is 2. The Morgan fingerprint density at radius 2 is 1.56 bits per heavy atom. The van der Waals surface area contributed by atoms with E-state index in [2.05, 4.69) is 29.2 Å². The molecule has 2 atom stereocenters. The lowest BCUT2D eigenvalue weighted by Crippen LogP contribution is -2.51. The van der Waals surface area contributed by atoms with Crippen LogP contribution in [0.3, 0.4) is 0 Å². The molecule has 1 N–H and O–H groups in total. The highest BCUT2D eigenvalue weighted by Gasteiger charge is 2.27. The van der Waals surface area contributed by atoms with Crippen molar-refractivity contribution >= 4 is 37.2 Å². The van der Waals surface area contributed by atoms with E-state index in [1.807, 2.05) is 0 Å². The Morgan fingerprint density at radius 3 is 2.11 bits per heavy atom. The molecule has 0 bridgehead atoms. The summed E-state index contributed by atoms with van der Waals surface area (Å²) in [6.45, 7) is 5.05. The quantitative estimate of drug-likeness (QED) is 0.840. The minimum atomic E-state index is 0. The minimum Gasteiger partial charge on any atom is -0.317 e. The molecule has 3 nitrogen and oxygen atoms in total. The molecule has 112 valence electrons. The first kappa shape index (κ1) is 21.1. The molecule has 0 radical (unpaired) electrons. The van der Waals surface area contributed by atoms with E-state index >= 15 is 0 Å². The number of hydrogen-bond donors (Lipinski definition) is 1. The predicted octanol–water partition coefficient (Wildman–Crippen LogP) is 2.03. The standard InChI is InChI=1S/C12H25N3.3ClH/c1-13-11-4-3-5-12(10-11)15-8-6-14(2)7-9-15;;;/h11-13H,3-10H2,1-2H3;3*1H/t11-,12+;;;/m0.../s1. The predicted molar refractivity (Wildman–Crippen MR) is 85.9 cm³/mol. The molecule has 0 unspecified atom stereocenters. The monoisotopic (exact) mass is 319 g/mol. The summed E-state index contributed by atoms with van der Waals surface area (Å²) in [6, 6.07) is 1.62. The fraction of sp³-hybridized carbons (Fsp3) is 1.00. The van der Waals surface area contributed by atoms with Gasteiger partial charge in [0.05, 0.1) is 0 Å². The third-order valence-corrected chi connectivity index (χ3v) is 4.11. The lowest BCUT2D eigenvalue weighted by molar-refractivity contribution is 0.0837. The SMILES string of the molecule is CN[C@H]1CCC[C@@H](N2CCN(C)CC2)C1.Cl.Cl.Cl. The van der Waals surface area contributed by atoms with Crippen LogP contribution in [-0.2, 0) is 0 Å². The Labute approximate surface area is 130 Å². The summed E-state index contributed by atoms with van der Waals surface area (Å²) in [6.07, 6.45) is 5.56. The van der Waals surface area contributed by atoms with Gasteiger partial charge in [-0.3, -0.25) is 4.90 Å². The molecule has 1 saturated carbocycles. The van der Waals surface area contributed by atoms with Crippen molar-refractivity contribution in [3.63, 3.8) is 0 Å². The van der Waals surface area contributed by atoms with Crippen molar-refractivity contribution in [2.45, 2.75) is 37.8 Å².